The lowest BCUT2D eigenvalue weighted by Crippen LogP contribution is -2.60. The molecule has 0 bridgehead atoms. The van der Waals surface area contributed by atoms with Crippen molar-refractivity contribution < 1.29 is 39.6 Å². The number of hydrogen-bond acceptors (Lipinski definition) is 9. The molecular weight excluding hydrogens is 422 g/mol. The normalized spacial score (nSPS) is 26.3. The molecule has 1 heterocycles. The molecule has 1 fully saturated rings. The van der Waals surface area contributed by atoms with E-state index < -0.39 is 47.9 Å². The number of nitro groups is 1. The summed E-state index contributed by atoms with van der Waals surface area (Å²) in [7, 11) is 0. The van der Waals surface area contributed by atoms with Gasteiger partial charge in [-0.3, -0.25) is 10.1 Å². The van der Waals surface area contributed by atoms with Crippen molar-refractivity contribution in [1.82, 2.24) is 0 Å². The summed E-state index contributed by atoms with van der Waals surface area (Å²) in [6.07, 6.45) is -7.47. The summed E-state index contributed by atoms with van der Waals surface area (Å²) in [5, 5.41) is 51.1. The molecule has 5 unspecified atom stereocenters. The SMILES string of the molecule is Cc1cc(Oc2ccc(Cl)cc2)c([N+](=O)[O-])cc1OC1OC(CO)C(O)C(O)C1O. The van der Waals surface area contributed by atoms with Crippen molar-refractivity contribution in [3.63, 3.8) is 0 Å². The molecule has 4 N–H and O–H groups in total. The molecule has 0 aromatic heterocycles. The van der Waals surface area contributed by atoms with Gasteiger partial charge in [-0.15, -0.1) is 0 Å². The van der Waals surface area contributed by atoms with Gasteiger partial charge in [0.1, 0.15) is 35.9 Å². The molecule has 0 radical (unpaired) electrons. The first kappa shape index (κ1) is 22.2. The Labute approximate surface area is 176 Å². The van der Waals surface area contributed by atoms with Gasteiger partial charge in [-0.05, 0) is 42.8 Å². The molecule has 5 atom stereocenters. The van der Waals surface area contributed by atoms with E-state index in [4.69, 9.17) is 25.8 Å². The Morgan fingerprint density at radius 1 is 1.10 bits per heavy atom. The van der Waals surface area contributed by atoms with Crippen molar-refractivity contribution in [3.8, 4) is 17.2 Å². The van der Waals surface area contributed by atoms with Crippen molar-refractivity contribution in [3.05, 3.63) is 57.1 Å². The number of benzene rings is 2. The topological polar surface area (TPSA) is 152 Å². The Bertz CT molecular complexity index is 906. The standard InChI is InChI=1S/C19H20ClNO9/c1-9-6-14(28-11-4-2-10(20)3-5-11)12(21(26)27)7-13(9)29-19-18(25)17(24)16(23)15(8-22)30-19/h2-7,15-19,22-25H,8H2,1H3. The molecule has 0 amide bonds. The summed E-state index contributed by atoms with van der Waals surface area (Å²) in [4.78, 5) is 10.9. The minimum atomic E-state index is -1.65. The molecule has 1 aliphatic rings. The highest BCUT2D eigenvalue weighted by atomic mass is 35.5. The molecule has 3 rings (SSSR count). The maximum Gasteiger partial charge on any atom is 0.315 e. The maximum absolute atomic E-state index is 11.5. The smallest absolute Gasteiger partial charge is 0.315 e. The van der Waals surface area contributed by atoms with Crippen molar-refractivity contribution in [1.29, 1.82) is 0 Å². The molecule has 1 aliphatic heterocycles. The third kappa shape index (κ3) is 4.64. The molecule has 0 spiro atoms. The predicted molar refractivity (Wildman–Crippen MR) is 104 cm³/mol. The summed E-state index contributed by atoms with van der Waals surface area (Å²) in [5.41, 5.74) is 0.0108. The number of rotatable bonds is 6. The van der Waals surface area contributed by atoms with Gasteiger partial charge in [0.25, 0.3) is 0 Å². The number of halogens is 1. The number of nitrogens with zero attached hydrogens (tertiary/aromatic N) is 1. The van der Waals surface area contributed by atoms with E-state index in [-0.39, 0.29) is 11.5 Å². The Morgan fingerprint density at radius 3 is 2.37 bits per heavy atom. The molecule has 30 heavy (non-hydrogen) atoms. The first-order valence-electron chi connectivity index (χ1n) is 8.91. The fraction of sp³-hybridized carbons (Fsp3) is 0.368. The van der Waals surface area contributed by atoms with Crippen molar-refractivity contribution in [2.24, 2.45) is 0 Å². The highest BCUT2D eigenvalue weighted by molar-refractivity contribution is 6.30. The summed E-state index contributed by atoms with van der Waals surface area (Å²) in [5.74, 6) is 0.292. The maximum atomic E-state index is 11.5. The Morgan fingerprint density at radius 2 is 1.77 bits per heavy atom. The van der Waals surface area contributed by atoms with Crippen LogP contribution in [0.1, 0.15) is 5.56 Å². The van der Waals surface area contributed by atoms with Crippen LogP contribution >= 0.6 is 11.6 Å². The summed E-state index contributed by atoms with van der Waals surface area (Å²) in [6, 6.07) is 8.74. The van der Waals surface area contributed by atoms with Gasteiger partial charge in [0.15, 0.2) is 0 Å². The first-order chi connectivity index (χ1) is 14.2. The average molecular weight is 442 g/mol. The lowest BCUT2D eigenvalue weighted by molar-refractivity contribution is -0.385. The first-order valence-corrected chi connectivity index (χ1v) is 9.28. The molecule has 2 aromatic rings. The van der Waals surface area contributed by atoms with Crippen LogP contribution in [0, 0.1) is 17.0 Å². The lowest BCUT2D eigenvalue weighted by Gasteiger charge is -2.39. The van der Waals surface area contributed by atoms with Gasteiger partial charge in [-0.2, -0.15) is 0 Å². The Hall–Kier alpha value is -2.47. The highest BCUT2D eigenvalue weighted by Crippen LogP contribution is 2.38. The fourth-order valence-electron chi connectivity index (χ4n) is 2.92. The number of ether oxygens (including phenoxy) is 3. The number of aliphatic hydroxyl groups is 4. The predicted octanol–water partition coefficient (Wildman–Crippen LogP) is 1.53. The van der Waals surface area contributed by atoms with Gasteiger partial charge in [0.2, 0.25) is 12.0 Å². The van der Waals surface area contributed by atoms with Crippen molar-refractivity contribution in [2.45, 2.75) is 37.6 Å². The zero-order valence-corrected chi connectivity index (χ0v) is 16.5. The molecule has 1 saturated heterocycles. The van der Waals surface area contributed by atoms with Crippen LogP contribution < -0.4 is 9.47 Å². The van der Waals surface area contributed by atoms with E-state index in [0.29, 0.717) is 16.3 Å². The van der Waals surface area contributed by atoms with Crippen LogP contribution in [0.15, 0.2) is 36.4 Å². The Kier molecular flexibility index (Phi) is 6.76. The largest absolute Gasteiger partial charge is 0.461 e. The van der Waals surface area contributed by atoms with Gasteiger partial charge in [-0.1, -0.05) is 11.6 Å². The van der Waals surface area contributed by atoms with Crippen LogP contribution in [0.5, 0.6) is 17.2 Å². The third-order valence-electron chi connectivity index (χ3n) is 4.59. The lowest BCUT2D eigenvalue weighted by atomic mass is 9.99. The molecule has 2 aromatic carbocycles. The summed E-state index contributed by atoms with van der Waals surface area (Å²) < 4.78 is 16.4. The second-order valence-electron chi connectivity index (χ2n) is 6.71. The zero-order chi connectivity index (χ0) is 22.0. The minimum absolute atomic E-state index is 0.00511. The molecule has 11 heteroatoms. The van der Waals surface area contributed by atoms with Gasteiger partial charge in [0, 0.05) is 5.02 Å². The number of aryl methyl sites for hydroxylation is 1. The van der Waals surface area contributed by atoms with Crippen molar-refractivity contribution >= 4 is 17.3 Å². The summed E-state index contributed by atoms with van der Waals surface area (Å²) in [6.45, 7) is 0.968. The van der Waals surface area contributed by atoms with Gasteiger partial charge in [-0.25, -0.2) is 0 Å². The fourth-order valence-corrected chi connectivity index (χ4v) is 3.05. The monoisotopic (exact) mass is 441 g/mol. The van der Waals surface area contributed by atoms with Crippen LogP contribution in [0.2, 0.25) is 5.02 Å². The Balaban J connectivity index is 1.88. The van der Waals surface area contributed by atoms with E-state index in [0.717, 1.165) is 6.07 Å². The third-order valence-corrected chi connectivity index (χ3v) is 4.84. The summed E-state index contributed by atoms with van der Waals surface area (Å²) >= 11 is 5.83. The van der Waals surface area contributed by atoms with E-state index in [1.54, 1.807) is 31.2 Å². The van der Waals surface area contributed by atoms with Crippen molar-refractivity contribution in [2.75, 3.05) is 6.61 Å². The second kappa shape index (κ2) is 9.13. The highest BCUT2D eigenvalue weighted by Gasteiger charge is 2.45. The van der Waals surface area contributed by atoms with E-state index >= 15 is 0 Å². The number of hydrogen-bond donors (Lipinski definition) is 4. The molecule has 162 valence electrons. The molecule has 0 saturated carbocycles. The van der Waals surface area contributed by atoms with Gasteiger partial charge >= 0.3 is 5.69 Å². The zero-order valence-electron chi connectivity index (χ0n) is 15.7. The van der Waals surface area contributed by atoms with E-state index in [2.05, 4.69) is 0 Å². The van der Waals surface area contributed by atoms with Gasteiger partial charge in [0.05, 0.1) is 17.6 Å². The molecule has 10 nitrogen and oxygen atoms in total. The van der Waals surface area contributed by atoms with Crippen LogP contribution in [0.3, 0.4) is 0 Å². The van der Waals surface area contributed by atoms with Crippen LogP contribution in [0.4, 0.5) is 5.69 Å². The second-order valence-corrected chi connectivity index (χ2v) is 7.15. The molecular formula is C19H20ClNO9. The van der Waals surface area contributed by atoms with E-state index in [9.17, 15) is 30.5 Å². The van der Waals surface area contributed by atoms with E-state index in [1.807, 2.05) is 0 Å². The van der Waals surface area contributed by atoms with Crippen LogP contribution in [-0.4, -0.2) is 62.7 Å². The van der Waals surface area contributed by atoms with Gasteiger partial charge < -0.3 is 34.6 Å². The molecule has 0 aliphatic carbocycles. The van der Waals surface area contributed by atoms with Crippen LogP contribution in [-0.2, 0) is 4.74 Å². The minimum Gasteiger partial charge on any atom is -0.461 e. The number of nitro benzene ring substituents is 1. The number of aliphatic hydroxyl groups excluding tert-OH is 4. The average Bonchev–Trinajstić information content (AvgIpc) is 2.71. The van der Waals surface area contributed by atoms with Crippen LogP contribution in [0.25, 0.3) is 0 Å². The quantitative estimate of drug-likeness (QED) is 0.386. The van der Waals surface area contributed by atoms with E-state index in [1.165, 1.54) is 6.07 Å².